The standard InChI is InChI=1S/C16H19ClN2O4S/c1-23-16-9-13(6-7-14(16)19-24(2,21)22)18-10-15(20)11-4-3-5-12(17)8-11/h3-9,15,18-20H,10H2,1-2H3. The smallest absolute Gasteiger partial charge is 0.229 e. The molecule has 0 radical (unpaired) electrons. The van der Waals surface area contributed by atoms with Gasteiger partial charge in [0.05, 0.1) is 25.2 Å². The molecule has 0 aliphatic carbocycles. The van der Waals surface area contributed by atoms with Crippen LogP contribution >= 0.6 is 11.6 Å². The third-order valence-corrected chi connectivity index (χ3v) is 4.06. The van der Waals surface area contributed by atoms with E-state index in [0.29, 0.717) is 27.7 Å². The van der Waals surface area contributed by atoms with Gasteiger partial charge in [0.25, 0.3) is 0 Å². The van der Waals surface area contributed by atoms with Crippen molar-refractivity contribution < 1.29 is 18.3 Å². The van der Waals surface area contributed by atoms with Gasteiger partial charge >= 0.3 is 0 Å². The van der Waals surface area contributed by atoms with Crippen molar-refractivity contribution in [1.29, 1.82) is 0 Å². The van der Waals surface area contributed by atoms with Crippen molar-refractivity contribution in [2.45, 2.75) is 6.10 Å². The molecule has 1 atom stereocenters. The molecule has 8 heteroatoms. The molecule has 1 unspecified atom stereocenters. The lowest BCUT2D eigenvalue weighted by Gasteiger charge is -2.15. The number of aliphatic hydroxyl groups excluding tert-OH is 1. The van der Waals surface area contributed by atoms with E-state index in [-0.39, 0.29) is 6.54 Å². The molecule has 0 aliphatic heterocycles. The van der Waals surface area contributed by atoms with E-state index in [0.717, 1.165) is 6.26 Å². The van der Waals surface area contributed by atoms with Crippen LogP contribution in [-0.2, 0) is 10.0 Å². The average molecular weight is 371 g/mol. The predicted octanol–water partition coefficient (Wildman–Crippen LogP) is 2.87. The summed E-state index contributed by atoms with van der Waals surface area (Å²) in [6.07, 6.45) is 0.337. The summed E-state index contributed by atoms with van der Waals surface area (Å²) in [6, 6.07) is 11.9. The maximum absolute atomic E-state index is 11.3. The van der Waals surface area contributed by atoms with Gasteiger partial charge in [-0.3, -0.25) is 4.72 Å². The zero-order valence-corrected chi connectivity index (χ0v) is 14.9. The second-order valence-electron chi connectivity index (χ2n) is 5.24. The number of methoxy groups -OCH3 is 1. The van der Waals surface area contributed by atoms with Crippen LogP contribution in [0.3, 0.4) is 0 Å². The lowest BCUT2D eigenvalue weighted by atomic mass is 10.1. The summed E-state index contributed by atoms with van der Waals surface area (Å²) in [6.45, 7) is 0.266. The molecule has 2 aromatic rings. The Hall–Kier alpha value is -1.96. The number of nitrogens with one attached hydrogen (secondary N) is 2. The van der Waals surface area contributed by atoms with Crippen LogP contribution in [0.5, 0.6) is 5.75 Å². The van der Waals surface area contributed by atoms with Gasteiger partial charge in [-0.1, -0.05) is 23.7 Å². The Morgan fingerprint density at radius 3 is 2.62 bits per heavy atom. The van der Waals surface area contributed by atoms with Crippen molar-refractivity contribution in [3.8, 4) is 5.75 Å². The van der Waals surface area contributed by atoms with Crippen LogP contribution < -0.4 is 14.8 Å². The molecule has 0 fully saturated rings. The van der Waals surface area contributed by atoms with Crippen LogP contribution in [0.4, 0.5) is 11.4 Å². The van der Waals surface area contributed by atoms with Crippen LogP contribution in [0.1, 0.15) is 11.7 Å². The normalized spacial score (nSPS) is 12.5. The van der Waals surface area contributed by atoms with Crippen LogP contribution in [0.2, 0.25) is 5.02 Å². The van der Waals surface area contributed by atoms with Gasteiger partial charge in [0.2, 0.25) is 10.0 Å². The summed E-state index contributed by atoms with van der Waals surface area (Å²) >= 11 is 5.91. The van der Waals surface area contributed by atoms with Gasteiger partial charge in [-0.05, 0) is 29.8 Å². The van der Waals surface area contributed by atoms with E-state index in [1.54, 1.807) is 42.5 Å². The lowest BCUT2D eigenvalue weighted by molar-refractivity contribution is 0.191. The number of sulfonamides is 1. The minimum Gasteiger partial charge on any atom is -0.494 e. The van der Waals surface area contributed by atoms with Crippen LogP contribution in [0, 0.1) is 0 Å². The first-order valence-corrected chi connectivity index (χ1v) is 9.38. The van der Waals surface area contributed by atoms with E-state index < -0.39 is 16.1 Å². The minimum atomic E-state index is -3.39. The van der Waals surface area contributed by atoms with Crippen molar-refractivity contribution in [2.24, 2.45) is 0 Å². The molecular formula is C16H19ClN2O4S. The van der Waals surface area contributed by atoms with Crippen molar-refractivity contribution in [3.05, 3.63) is 53.1 Å². The molecule has 3 N–H and O–H groups in total. The van der Waals surface area contributed by atoms with E-state index in [1.165, 1.54) is 7.11 Å². The zero-order valence-electron chi connectivity index (χ0n) is 13.3. The van der Waals surface area contributed by atoms with E-state index in [1.807, 2.05) is 0 Å². The fourth-order valence-electron chi connectivity index (χ4n) is 2.13. The van der Waals surface area contributed by atoms with Gasteiger partial charge in [-0.2, -0.15) is 0 Å². The molecule has 0 aromatic heterocycles. The van der Waals surface area contributed by atoms with Crippen molar-refractivity contribution in [1.82, 2.24) is 0 Å². The maximum atomic E-state index is 11.3. The highest BCUT2D eigenvalue weighted by Gasteiger charge is 2.11. The predicted molar refractivity (Wildman–Crippen MR) is 96.4 cm³/mol. The minimum absolute atomic E-state index is 0.266. The highest BCUT2D eigenvalue weighted by atomic mass is 35.5. The zero-order chi connectivity index (χ0) is 17.7. The third kappa shape index (κ3) is 5.30. The number of ether oxygens (including phenoxy) is 1. The molecule has 0 aliphatic rings. The molecule has 0 heterocycles. The number of benzene rings is 2. The molecule has 0 spiro atoms. The van der Waals surface area contributed by atoms with Gasteiger partial charge in [0.15, 0.2) is 0 Å². The quantitative estimate of drug-likeness (QED) is 0.697. The van der Waals surface area contributed by atoms with E-state index in [4.69, 9.17) is 16.3 Å². The Morgan fingerprint density at radius 1 is 1.25 bits per heavy atom. The Balaban J connectivity index is 2.07. The first kappa shape index (κ1) is 18.4. The molecule has 0 amide bonds. The molecular weight excluding hydrogens is 352 g/mol. The van der Waals surface area contributed by atoms with Gasteiger partial charge in [0, 0.05) is 23.3 Å². The Bertz CT molecular complexity index is 811. The van der Waals surface area contributed by atoms with Gasteiger partial charge in [0.1, 0.15) is 5.75 Å². The van der Waals surface area contributed by atoms with Crippen molar-refractivity contribution >= 4 is 33.0 Å². The second-order valence-corrected chi connectivity index (χ2v) is 7.43. The summed E-state index contributed by atoms with van der Waals surface area (Å²) in [5.41, 5.74) is 1.74. The van der Waals surface area contributed by atoms with E-state index in [2.05, 4.69) is 10.0 Å². The summed E-state index contributed by atoms with van der Waals surface area (Å²) in [5, 5.41) is 13.8. The molecule has 6 nitrogen and oxygen atoms in total. The summed E-state index contributed by atoms with van der Waals surface area (Å²) in [5.74, 6) is 0.377. The summed E-state index contributed by atoms with van der Waals surface area (Å²) < 4.78 is 30.2. The molecule has 24 heavy (non-hydrogen) atoms. The van der Waals surface area contributed by atoms with Crippen molar-refractivity contribution in [3.63, 3.8) is 0 Å². The monoisotopic (exact) mass is 370 g/mol. The Kier molecular flexibility index (Phi) is 5.93. The second kappa shape index (κ2) is 7.74. The van der Waals surface area contributed by atoms with E-state index >= 15 is 0 Å². The fraction of sp³-hybridized carbons (Fsp3) is 0.250. The SMILES string of the molecule is COc1cc(NCC(O)c2cccc(Cl)c2)ccc1NS(C)(=O)=O. The molecule has 0 bridgehead atoms. The molecule has 2 aromatic carbocycles. The number of halogens is 1. The molecule has 2 rings (SSSR count). The van der Waals surface area contributed by atoms with Gasteiger partial charge in [-0.15, -0.1) is 0 Å². The average Bonchev–Trinajstić information content (AvgIpc) is 2.52. The first-order chi connectivity index (χ1) is 11.3. The van der Waals surface area contributed by atoms with Crippen molar-refractivity contribution in [2.75, 3.05) is 29.9 Å². The number of hydrogen-bond donors (Lipinski definition) is 3. The highest BCUT2D eigenvalue weighted by Crippen LogP contribution is 2.29. The lowest BCUT2D eigenvalue weighted by Crippen LogP contribution is -2.13. The number of aliphatic hydroxyl groups is 1. The highest BCUT2D eigenvalue weighted by molar-refractivity contribution is 7.92. The van der Waals surface area contributed by atoms with Crippen LogP contribution in [0.25, 0.3) is 0 Å². The number of rotatable bonds is 7. The number of anilines is 2. The Morgan fingerprint density at radius 2 is 2.00 bits per heavy atom. The van der Waals surface area contributed by atoms with Gasteiger partial charge in [-0.25, -0.2) is 8.42 Å². The number of hydrogen-bond acceptors (Lipinski definition) is 5. The maximum Gasteiger partial charge on any atom is 0.229 e. The summed E-state index contributed by atoms with van der Waals surface area (Å²) in [4.78, 5) is 0. The van der Waals surface area contributed by atoms with E-state index in [9.17, 15) is 13.5 Å². The Labute approximate surface area is 146 Å². The van der Waals surface area contributed by atoms with Gasteiger partial charge < -0.3 is 15.2 Å². The topological polar surface area (TPSA) is 87.7 Å². The molecule has 0 saturated heterocycles. The largest absolute Gasteiger partial charge is 0.494 e. The van der Waals surface area contributed by atoms with Crippen LogP contribution in [-0.4, -0.2) is 33.4 Å². The fourth-order valence-corrected chi connectivity index (χ4v) is 2.90. The first-order valence-electron chi connectivity index (χ1n) is 7.12. The molecule has 130 valence electrons. The third-order valence-electron chi connectivity index (χ3n) is 3.23. The van der Waals surface area contributed by atoms with Crippen LogP contribution in [0.15, 0.2) is 42.5 Å². The summed E-state index contributed by atoms with van der Waals surface area (Å²) in [7, 11) is -1.94. The molecule has 0 saturated carbocycles.